The molecule has 1 aliphatic rings. The van der Waals surface area contributed by atoms with Crippen molar-refractivity contribution in [3.63, 3.8) is 0 Å². The first kappa shape index (κ1) is 14.8. The van der Waals surface area contributed by atoms with Crippen molar-refractivity contribution in [3.05, 3.63) is 57.3 Å². The summed E-state index contributed by atoms with van der Waals surface area (Å²) in [4.78, 5) is 5.47. The van der Waals surface area contributed by atoms with E-state index in [1.54, 1.807) is 0 Å². The molecule has 2 nitrogen and oxygen atoms in total. The first-order valence-corrected chi connectivity index (χ1v) is 8.73. The van der Waals surface area contributed by atoms with Crippen molar-refractivity contribution in [1.29, 1.82) is 0 Å². The van der Waals surface area contributed by atoms with Gasteiger partial charge in [-0.25, -0.2) is 0 Å². The molecule has 2 heterocycles. The fourth-order valence-electron chi connectivity index (χ4n) is 3.21. The molecule has 0 amide bonds. The van der Waals surface area contributed by atoms with E-state index in [2.05, 4.69) is 48.2 Å². The lowest BCUT2D eigenvalue weighted by Gasteiger charge is -2.28. The van der Waals surface area contributed by atoms with E-state index in [0.717, 1.165) is 32.4 Å². The predicted octanol–water partition coefficient (Wildman–Crippen LogP) is 3.41. The van der Waals surface area contributed by atoms with Gasteiger partial charge >= 0.3 is 0 Å². The van der Waals surface area contributed by atoms with E-state index in [4.69, 9.17) is 5.73 Å². The van der Waals surface area contributed by atoms with Crippen LogP contribution in [0.4, 0.5) is 0 Å². The predicted molar refractivity (Wildman–Crippen MR) is 90.9 cm³/mol. The van der Waals surface area contributed by atoms with Crippen LogP contribution in [0.5, 0.6) is 0 Å². The third-order valence-corrected chi connectivity index (χ3v) is 5.81. The lowest BCUT2D eigenvalue weighted by molar-refractivity contribution is 0.214. The minimum atomic E-state index is 0.379. The third-order valence-electron chi connectivity index (χ3n) is 4.48. The fraction of sp³-hybridized carbons (Fsp3) is 0.444. The molecule has 112 valence electrons. The molecule has 3 heteroatoms. The largest absolute Gasteiger partial charge is 0.329 e. The Kier molecular flexibility index (Phi) is 4.73. The summed E-state index contributed by atoms with van der Waals surface area (Å²) >= 11 is 1.93. The second kappa shape index (κ2) is 6.73. The van der Waals surface area contributed by atoms with E-state index in [1.807, 2.05) is 11.3 Å². The van der Waals surface area contributed by atoms with Gasteiger partial charge in [-0.05, 0) is 42.5 Å². The molecule has 21 heavy (non-hydrogen) atoms. The second-order valence-electron chi connectivity index (χ2n) is 5.71. The topological polar surface area (TPSA) is 29.3 Å². The van der Waals surface area contributed by atoms with Crippen LogP contribution in [0.15, 0.2) is 36.4 Å². The molecule has 0 spiro atoms. The number of nitrogens with zero attached hydrogens (tertiary/aromatic N) is 1. The van der Waals surface area contributed by atoms with Crippen molar-refractivity contribution in [2.75, 3.05) is 19.6 Å². The summed E-state index contributed by atoms with van der Waals surface area (Å²) in [6, 6.07) is 13.8. The van der Waals surface area contributed by atoms with Crippen LogP contribution in [-0.4, -0.2) is 24.5 Å². The van der Waals surface area contributed by atoms with Gasteiger partial charge in [0.2, 0.25) is 0 Å². The van der Waals surface area contributed by atoms with Gasteiger partial charge in [-0.15, -0.1) is 11.3 Å². The van der Waals surface area contributed by atoms with Crippen LogP contribution in [0.2, 0.25) is 0 Å². The number of hydrogen-bond donors (Lipinski definition) is 1. The molecule has 1 unspecified atom stereocenters. The Hall–Kier alpha value is -1.16. The molecular weight excluding hydrogens is 276 g/mol. The van der Waals surface area contributed by atoms with E-state index in [0.29, 0.717) is 12.6 Å². The van der Waals surface area contributed by atoms with Crippen LogP contribution in [0.3, 0.4) is 0 Å². The average Bonchev–Trinajstić information content (AvgIpc) is 2.89. The summed E-state index contributed by atoms with van der Waals surface area (Å²) in [5, 5.41) is 0. The summed E-state index contributed by atoms with van der Waals surface area (Å²) in [7, 11) is 0. The minimum absolute atomic E-state index is 0.379. The highest BCUT2D eigenvalue weighted by Gasteiger charge is 2.23. The average molecular weight is 300 g/mol. The Labute approximate surface area is 131 Å². The molecule has 0 aliphatic carbocycles. The number of fused-ring (bicyclic) bond motifs is 1. The zero-order valence-corrected chi connectivity index (χ0v) is 13.5. The molecule has 0 fully saturated rings. The Morgan fingerprint density at radius 3 is 2.29 bits per heavy atom. The fourth-order valence-corrected chi connectivity index (χ4v) is 4.31. The van der Waals surface area contributed by atoms with Gasteiger partial charge in [-0.2, -0.15) is 0 Å². The molecule has 1 aromatic heterocycles. The normalized spacial score (nSPS) is 17.2. The van der Waals surface area contributed by atoms with E-state index in [9.17, 15) is 0 Å². The van der Waals surface area contributed by atoms with Gasteiger partial charge in [-0.3, -0.25) is 4.90 Å². The summed E-state index contributed by atoms with van der Waals surface area (Å²) in [5.41, 5.74) is 9.13. The molecule has 0 bridgehead atoms. The van der Waals surface area contributed by atoms with Crippen LogP contribution in [0, 0.1) is 0 Å². The minimum Gasteiger partial charge on any atom is -0.329 e. The van der Waals surface area contributed by atoms with Crippen molar-refractivity contribution < 1.29 is 0 Å². The van der Waals surface area contributed by atoms with Gasteiger partial charge in [0, 0.05) is 29.4 Å². The van der Waals surface area contributed by atoms with Crippen molar-refractivity contribution in [2.24, 2.45) is 5.73 Å². The zero-order chi connectivity index (χ0) is 14.7. The van der Waals surface area contributed by atoms with E-state index >= 15 is 0 Å². The number of nitrogens with two attached hydrogens (primary N) is 1. The van der Waals surface area contributed by atoms with Crippen molar-refractivity contribution in [1.82, 2.24) is 4.90 Å². The molecule has 1 aliphatic heterocycles. The maximum atomic E-state index is 6.11. The van der Waals surface area contributed by atoms with Gasteiger partial charge < -0.3 is 5.73 Å². The number of benzene rings is 1. The van der Waals surface area contributed by atoms with Crippen LogP contribution >= 0.6 is 11.3 Å². The maximum absolute atomic E-state index is 6.11. The molecule has 2 N–H and O–H groups in total. The summed E-state index contributed by atoms with van der Waals surface area (Å²) < 4.78 is 0. The van der Waals surface area contributed by atoms with Crippen molar-refractivity contribution >= 4 is 11.3 Å². The van der Waals surface area contributed by atoms with Crippen LogP contribution in [-0.2, 0) is 19.3 Å². The number of aryl methyl sites for hydroxylation is 1. The molecule has 0 saturated heterocycles. The van der Waals surface area contributed by atoms with Gasteiger partial charge in [-0.1, -0.05) is 31.2 Å². The maximum Gasteiger partial charge on any atom is 0.0564 e. The lowest BCUT2D eigenvalue weighted by atomic mass is 10.0. The first-order valence-electron chi connectivity index (χ1n) is 7.91. The van der Waals surface area contributed by atoms with Gasteiger partial charge in [0.1, 0.15) is 0 Å². The standard InChI is InChI=1S/C18H24N2S/c1-2-16-7-8-18(21-16)17(13-19)20-11-9-14-5-3-4-6-15(14)10-12-20/h3-8,17H,2,9-13,19H2,1H3. The number of thiophene rings is 1. The van der Waals surface area contributed by atoms with E-state index < -0.39 is 0 Å². The van der Waals surface area contributed by atoms with Gasteiger partial charge in [0.25, 0.3) is 0 Å². The van der Waals surface area contributed by atoms with Crippen molar-refractivity contribution in [2.45, 2.75) is 32.2 Å². The molecule has 0 saturated carbocycles. The van der Waals surface area contributed by atoms with E-state index in [-0.39, 0.29) is 0 Å². The molecular formula is C18H24N2S. The van der Waals surface area contributed by atoms with E-state index in [1.165, 1.54) is 20.9 Å². The second-order valence-corrected chi connectivity index (χ2v) is 6.91. The number of hydrogen-bond acceptors (Lipinski definition) is 3. The Balaban J connectivity index is 1.77. The Morgan fingerprint density at radius 1 is 1.10 bits per heavy atom. The van der Waals surface area contributed by atoms with Crippen molar-refractivity contribution in [3.8, 4) is 0 Å². The Morgan fingerprint density at radius 2 is 1.76 bits per heavy atom. The molecule has 0 radical (unpaired) electrons. The highest BCUT2D eigenvalue weighted by molar-refractivity contribution is 7.12. The van der Waals surface area contributed by atoms with Crippen LogP contribution in [0.25, 0.3) is 0 Å². The highest BCUT2D eigenvalue weighted by Crippen LogP contribution is 2.29. The number of rotatable bonds is 4. The smallest absolute Gasteiger partial charge is 0.0564 e. The Bertz CT molecular complexity index is 563. The van der Waals surface area contributed by atoms with Crippen LogP contribution in [0.1, 0.15) is 33.8 Å². The molecule has 3 rings (SSSR count). The summed E-state index contributed by atoms with van der Waals surface area (Å²) in [6.45, 7) is 5.14. The molecule has 1 aromatic carbocycles. The van der Waals surface area contributed by atoms with Gasteiger partial charge in [0.05, 0.1) is 6.04 Å². The lowest BCUT2D eigenvalue weighted by Crippen LogP contribution is -2.35. The zero-order valence-electron chi connectivity index (χ0n) is 12.7. The first-order chi connectivity index (χ1) is 10.3. The van der Waals surface area contributed by atoms with Crippen LogP contribution < -0.4 is 5.73 Å². The van der Waals surface area contributed by atoms with Gasteiger partial charge in [0.15, 0.2) is 0 Å². The highest BCUT2D eigenvalue weighted by atomic mass is 32.1. The SMILES string of the molecule is CCc1ccc(C(CN)N2CCc3ccccc3CC2)s1. The molecule has 2 aromatic rings. The monoisotopic (exact) mass is 300 g/mol. The summed E-state index contributed by atoms with van der Waals surface area (Å²) in [6.07, 6.45) is 3.39. The third kappa shape index (κ3) is 3.20. The summed E-state index contributed by atoms with van der Waals surface area (Å²) in [5.74, 6) is 0. The molecule has 1 atom stereocenters. The quantitative estimate of drug-likeness (QED) is 0.937.